The molecule has 1 aliphatic rings. The highest BCUT2D eigenvalue weighted by Gasteiger charge is 2.23. The molecular formula is C20H28N4O. The molecule has 0 radical (unpaired) electrons. The van der Waals surface area contributed by atoms with Crippen LogP contribution in [-0.2, 0) is 6.54 Å². The molecule has 0 bridgehead atoms. The third kappa shape index (κ3) is 4.28. The average Bonchev–Trinajstić information content (AvgIpc) is 2.93. The van der Waals surface area contributed by atoms with Gasteiger partial charge in [-0.3, -0.25) is 9.48 Å². The largest absolute Gasteiger partial charge is 0.338 e. The van der Waals surface area contributed by atoms with Crippen molar-refractivity contribution in [2.75, 3.05) is 26.7 Å². The van der Waals surface area contributed by atoms with Gasteiger partial charge in [0.1, 0.15) is 0 Å². The Labute approximate surface area is 150 Å². The minimum absolute atomic E-state index is 0.151. The molecule has 0 unspecified atom stereocenters. The predicted molar refractivity (Wildman–Crippen MR) is 99.8 cm³/mol. The zero-order chi connectivity index (χ0) is 17.8. The maximum Gasteiger partial charge on any atom is 0.253 e. The molecule has 1 N–H and O–H groups in total. The van der Waals surface area contributed by atoms with Crippen molar-refractivity contribution in [1.29, 1.82) is 0 Å². The first-order chi connectivity index (χ1) is 12.1. The average molecular weight is 340 g/mol. The lowest BCUT2D eigenvalue weighted by atomic mass is 9.97. The van der Waals surface area contributed by atoms with Gasteiger partial charge < -0.3 is 10.2 Å². The summed E-state index contributed by atoms with van der Waals surface area (Å²) < 4.78 is 2.00. The van der Waals surface area contributed by atoms with E-state index in [1.807, 2.05) is 47.8 Å². The first-order valence-corrected chi connectivity index (χ1v) is 9.10. The van der Waals surface area contributed by atoms with E-state index in [1.54, 1.807) is 0 Å². The topological polar surface area (TPSA) is 50.2 Å². The molecule has 1 fully saturated rings. The number of benzene rings is 1. The lowest BCUT2D eigenvalue weighted by Gasteiger charge is -2.32. The smallest absolute Gasteiger partial charge is 0.253 e. The number of amides is 1. The van der Waals surface area contributed by atoms with Crippen molar-refractivity contribution in [1.82, 2.24) is 20.0 Å². The third-order valence-corrected chi connectivity index (χ3v) is 4.94. The minimum Gasteiger partial charge on any atom is -0.338 e. The zero-order valence-electron chi connectivity index (χ0n) is 15.5. The summed E-state index contributed by atoms with van der Waals surface area (Å²) in [5.74, 6) is 0.714. The van der Waals surface area contributed by atoms with E-state index in [9.17, 15) is 4.79 Å². The summed E-state index contributed by atoms with van der Waals surface area (Å²) in [6, 6.07) is 10.1. The molecule has 0 spiro atoms. The molecule has 1 aromatic carbocycles. The highest BCUT2D eigenvalue weighted by Crippen LogP contribution is 2.18. The van der Waals surface area contributed by atoms with Crippen molar-refractivity contribution in [3.63, 3.8) is 0 Å². The molecule has 0 aliphatic carbocycles. The van der Waals surface area contributed by atoms with Crippen LogP contribution in [0.1, 0.15) is 40.2 Å². The van der Waals surface area contributed by atoms with E-state index in [0.29, 0.717) is 5.92 Å². The van der Waals surface area contributed by atoms with Gasteiger partial charge >= 0.3 is 0 Å². The van der Waals surface area contributed by atoms with E-state index in [-0.39, 0.29) is 5.91 Å². The molecule has 134 valence electrons. The van der Waals surface area contributed by atoms with Gasteiger partial charge in [-0.25, -0.2) is 0 Å². The number of piperidine rings is 1. The molecule has 3 rings (SSSR count). The summed E-state index contributed by atoms with van der Waals surface area (Å²) in [4.78, 5) is 14.8. The van der Waals surface area contributed by atoms with Crippen LogP contribution in [-0.4, -0.2) is 47.3 Å². The van der Waals surface area contributed by atoms with E-state index >= 15 is 0 Å². The van der Waals surface area contributed by atoms with Crippen LogP contribution >= 0.6 is 0 Å². The lowest BCUT2D eigenvalue weighted by Crippen LogP contribution is -2.42. The second kappa shape index (κ2) is 7.83. The van der Waals surface area contributed by atoms with Crippen LogP contribution < -0.4 is 5.32 Å². The van der Waals surface area contributed by atoms with Crippen molar-refractivity contribution in [3.05, 3.63) is 52.8 Å². The molecule has 1 saturated heterocycles. The number of aryl methyl sites for hydroxylation is 2. The standard InChI is InChI=1S/C20H28N4O/c1-15-11-16(2)24(22-15)14-17-6-8-19(9-7-17)20(25)23-10-4-5-18(13-23)12-21-3/h6-9,11,18,21H,4-5,10,12-14H2,1-3H3/t18-/m1/s1. The summed E-state index contributed by atoms with van der Waals surface area (Å²) >= 11 is 0. The van der Waals surface area contributed by atoms with Gasteiger partial charge in [0.25, 0.3) is 5.91 Å². The summed E-state index contributed by atoms with van der Waals surface area (Å²) in [5, 5.41) is 7.73. The number of rotatable bonds is 5. The Morgan fingerprint density at radius 3 is 2.68 bits per heavy atom. The highest BCUT2D eigenvalue weighted by atomic mass is 16.2. The van der Waals surface area contributed by atoms with Crippen molar-refractivity contribution in [2.24, 2.45) is 5.92 Å². The number of carbonyl (C=O) groups is 1. The van der Waals surface area contributed by atoms with Crippen molar-refractivity contribution in [3.8, 4) is 0 Å². The fourth-order valence-electron chi connectivity index (χ4n) is 3.65. The van der Waals surface area contributed by atoms with E-state index in [2.05, 4.69) is 23.4 Å². The van der Waals surface area contributed by atoms with Crippen LogP contribution in [0.25, 0.3) is 0 Å². The fraction of sp³-hybridized carbons (Fsp3) is 0.500. The molecule has 0 saturated carbocycles. The normalized spacial score (nSPS) is 17.7. The number of nitrogens with one attached hydrogen (secondary N) is 1. The summed E-state index contributed by atoms with van der Waals surface area (Å²) in [6.45, 7) is 7.51. The second-order valence-electron chi connectivity index (χ2n) is 7.10. The van der Waals surface area contributed by atoms with Crippen LogP contribution in [0.5, 0.6) is 0 Å². The van der Waals surface area contributed by atoms with Gasteiger partial charge in [-0.2, -0.15) is 5.10 Å². The van der Waals surface area contributed by atoms with Gasteiger partial charge in [-0.15, -0.1) is 0 Å². The van der Waals surface area contributed by atoms with Gasteiger partial charge in [-0.1, -0.05) is 12.1 Å². The quantitative estimate of drug-likeness (QED) is 0.910. The monoisotopic (exact) mass is 340 g/mol. The van der Waals surface area contributed by atoms with Crippen molar-refractivity contribution in [2.45, 2.75) is 33.2 Å². The number of aromatic nitrogens is 2. The maximum absolute atomic E-state index is 12.8. The van der Waals surface area contributed by atoms with Crippen LogP contribution in [0.4, 0.5) is 0 Å². The fourth-order valence-corrected chi connectivity index (χ4v) is 3.65. The third-order valence-electron chi connectivity index (χ3n) is 4.94. The molecule has 1 aliphatic heterocycles. The highest BCUT2D eigenvalue weighted by molar-refractivity contribution is 5.94. The molecule has 25 heavy (non-hydrogen) atoms. The zero-order valence-corrected chi connectivity index (χ0v) is 15.5. The summed E-state index contributed by atoms with van der Waals surface area (Å²) in [7, 11) is 1.97. The summed E-state index contributed by atoms with van der Waals surface area (Å²) in [6.07, 6.45) is 2.29. The van der Waals surface area contributed by atoms with Gasteiger partial charge in [0.15, 0.2) is 0 Å². The summed E-state index contributed by atoms with van der Waals surface area (Å²) in [5.41, 5.74) is 4.13. The molecule has 2 aromatic rings. The number of hydrogen-bond donors (Lipinski definition) is 1. The van der Waals surface area contributed by atoms with E-state index in [1.165, 1.54) is 6.42 Å². The van der Waals surface area contributed by atoms with Gasteiger partial charge in [0.05, 0.1) is 12.2 Å². The Kier molecular flexibility index (Phi) is 5.53. The maximum atomic E-state index is 12.8. The Morgan fingerprint density at radius 2 is 2.04 bits per heavy atom. The molecular weight excluding hydrogens is 312 g/mol. The van der Waals surface area contributed by atoms with Crippen LogP contribution in [0, 0.1) is 19.8 Å². The Balaban J connectivity index is 1.65. The second-order valence-corrected chi connectivity index (χ2v) is 7.10. The molecule has 5 heteroatoms. The molecule has 2 heterocycles. The Bertz CT molecular complexity index is 718. The Morgan fingerprint density at radius 1 is 1.28 bits per heavy atom. The molecule has 5 nitrogen and oxygen atoms in total. The predicted octanol–water partition coefficient (Wildman–Crippen LogP) is 2.62. The Hall–Kier alpha value is -2.14. The van der Waals surface area contributed by atoms with Gasteiger partial charge in [0, 0.05) is 24.3 Å². The first kappa shape index (κ1) is 17.7. The van der Waals surface area contributed by atoms with Gasteiger partial charge in [0.2, 0.25) is 0 Å². The molecule has 1 aromatic heterocycles. The number of nitrogens with zero attached hydrogens (tertiary/aromatic N) is 3. The molecule has 1 amide bonds. The van der Waals surface area contributed by atoms with Crippen molar-refractivity contribution < 1.29 is 4.79 Å². The van der Waals surface area contributed by atoms with Crippen LogP contribution in [0.3, 0.4) is 0 Å². The number of likely N-dealkylation sites (tertiary alicyclic amines) is 1. The van der Waals surface area contributed by atoms with E-state index < -0.39 is 0 Å². The SMILES string of the molecule is CNC[C@H]1CCCN(C(=O)c2ccc(Cn3nc(C)cc3C)cc2)C1. The van der Waals surface area contributed by atoms with Crippen LogP contribution in [0.15, 0.2) is 30.3 Å². The van der Waals surface area contributed by atoms with Gasteiger partial charge in [-0.05, 0) is 70.0 Å². The van der Waals surface area contributed by atoms with Crippen LogP contribution in [0.2, 0.25) is 0 Å². The number of hydrogen-bond acceptors (Lipinski definition) is 3. The molecule has 1 atom stereocenters. The lowest BCUT2D eigenvalue weighted by molar-refractivity contribution is 0.0674. The minimum atomic E-state index is 0.151. The first-order valence-electron chi connectivity index (χ1n) is 9.10. The number of carbonyl (C=O) groups excluding carboxylic acids is 1. The van der Waals surface area contributed by atoms with Crippen molar-refractivity contribution >= 4 is 5.91 Å². The van der Waals surface area contributed by atoms with E-state index in [0.717, 1.165) is 55.1 Å². The van der Waals surface area contributed by atoms with E-state index in [4.69, 9.17) is 0 Å².